The molecular formula is C13H7Cl2F6N5O2S. The van der Waals surface area contributed by atoms with Crippen molar-refractivity contribution in [3.8, 4) is 11.8 Å². The molecule has 0 aliphatic rings. The SMILES string of the molecule is N#Cc1nn(-c2c(Cl)cc(C(F)(F)F)cc2Cl)c(N)c1NS(=O)(=O)CC(F)(F)F. The van der Waals surface area contributed by atoms with Gasteiger partial charge in [-0.05, 0) is 12.1 Å². The predicted molar refractivity (Wildman–Crippen MR) is 91.2 cm³/mol. The number of hydrogen-bond acceptors (Lipinski definition) is 5. The van der Waals surface area contributed by atoms with Crippen LogP contribution < -0.4 is 10.5 Å². The summed E-state index contributed by atoms with van der Waals surface area (Å²) < 4.78 is 101. The molecule has 0 saturated carbocycles. The Morgan fingerprint density at radius 1 is 1.17 bits per heavy atom. The van der Waals surface area contributed by atoms with Crippen molar-refractivity contribution in [2.75, 3.05) is 16.2 Å². The molecule has 0 radical (unpaired) electrons. The first-order valence-corrected chi connectivity index (χ1v) is 9.39. The Bertz CT molecular complexity index is 1080. The average molecular weight is 482 g/mol. The maximum Gasteiger partial charge on any atom is 0.416 e. The second-order valence-electron chi connectivity index (χ2n) is 5.40. The zero-order valence-corrected chi connectivity index (χ0v) is 15.9. The predicted octanol–water partition coefficient (Wildman–Crippen LogP) is 3.96. The fourth-order valence-corrected chi connectivity index (χ4v) is 3.78. The fourth-order valence-electron chi connectivity index (χ4n) is 2.12. The number of nitrogens with zero attached hydrogens (tertiary/aromatic N) is 3. The molecule has 1 aromatic carbocycles. The average Bonchev–Trinajstić information content (AvgIpc) is 2.79. The van der Waals surface area contributed by atoms with Crippen LogP contribution in [0.25, 0.3) is 5.69 Å². The molecule has 1 aromatic heterocycles. The zero-order valence-electron chi connectivity index (χ0n) is 13.5. The molecule has 0 unspecified atom stereocenters. The summed E-state index contributed by atoms with van der Waals surface area (Å²) >= 11 is 11.6. The van der Waals surface area contributed by atoms with Crippen LogP contribution in [-0.2, 0) is 16.2 Å². The first kappa shape index (κ1) is 22.9. The first-order chi connectivity index (χ1) is 13.1. The van der Waals surface area contributed by atoms with Gasteiger partial charge in [0.05, 0.1) is 15.6 Å². The third-order valence-electron chi connectivity index (χ3n) is 3.19. The van der Waals surface area contributed by atoms with Gasteiger partial charge in [0.25, 0.3) is 0 Å². The zero-order chi connectivity index (χ0) is 22.4. The Balaban J connectivity index is 2.61. The molecule has 2 rings (SSSR count). The number of nitriles is 1. The molecule has 16 heteroatoms. The third-order valence-corrected chi connectivity index (χ3v) is 4.99. The Hall–Kier alpha value is -2.37. The molecule has 0 fully saturated rings. The van der Waals surface area contributed by atoms with Crippen molar-refractivity contribution in [2.45, 2.75) is 12.4 Å². The molecule has 1 heterocycles. The van der Waals surface area contributed by atoms with E-state index in [1.807, 2.05) is 0 Å². The minimum absolute atomic E-state index is 0.448. The molecule has 2 aromatic rings. The number of anilines is 2. The van der Waals surface area contributed by atoms with Crippen molar-refractivity contribution in [3.63, 3.8) is 0 Å². The number of alkyl halides is 6. The maximum absolute atomic E-state index is 12.8. The lowest BCUT2D eigenvalue weighted by molar-refractivity contribution is -0.137. The number of aromatic nitrogens is 2. The molecule has 0 bridgehead atoms. The van der Waals surface area contributed by atoms with Gasteiger partial charge in [-0.15, -0.1) is 0 Å². The standard InChI is InChI=1S/C13H7Cl2F6N5O2S/c14-6-1-5(13(19,20)21)2-7(15)10(6)26-11(23)9(8(3-22)24-26)25-29(27,28)4-12(16,17)18/h1-2,25H,4,23H2. The highest BCUT2D eigenvalue weighted by atomic mass is 35.5. The number of halogens is 8. The number of nitrogen functional groups attached to an aromatic ring is 1. The van der Waals surface area contributed by atoms with Crippen molar-refractivity contribution >= 4 is 44.7 Å². The van der Waals surface area contributed by atoms with Crippen molar-refractivity contribution in [2.24, 2.45) is 0 Å². The van der Waals surface area contributed by atoms with Gasteiger partial charge in [-0.2, -0.15) is 36.7 Å². The van der Waals surface area contributed by atoms with Crippen LogP contribution in [0.3, 0.4) is 0 Å². The van der Waals surface area contributed by atoms with Gasteiger partial charge in [-0.3, -0.25) is 4.72 Å². The van der Waals surface area contributed by atoms with Gasteiger partial charge < -0.3 is 5.73 Å². The molecule has 158 valence electrons. The molecular weight excluding hydrogens is 475 g/mol. The molecule has 0 atom stereocenters. The van der Waals surface area contributed by atoms with E-state index in [-0.39, 0.29) is 0 Å². The van der Waals surface area contributed by atoms with Crippen LogP contribution >= 0.6 is 23.2 Å². The van der Waals surface area contributed by atoms with E-state index < -0.39 is 66.6 Å². The van der Waals surface area contributed by atoms with E-state index in [4.69, 9.17) is 34.2 Å². The largest absolute Gasteiger partial charge is 0.416 e. The van der Waals surface area contributed by atoms with Crippen molar-refractivity contribution in [3.05, 3.63) is 33.4 Å². The fraction of sp³-hybridized carbons (Fsp3) is 0.231. The van der Waals surface area contributed by atoms with Crippen LogP contribution in [0.5, 0.6) is 0 Å². The maximum atomic E-state index is 12.8. The summed E-state index contributed by atoms with van der Waals surface area (Å²) in [6.45, 7) is 0. The van der Waals surface area contributed by atoms with Crippen molar-refractivity contribution < 1.29 is 34.8 Å². The molecule has 0 saturated heterocycles. The van der Waals surface area contributed by atoms with Crippen molar-refractivity contribution in [1.29, 1.82) is 5.26 Å². The minimum Gasteiger partial charge on any atom is -0.382 e. The van der Waals surface area contributed by atoms with Crippen LogP contribution in [0, 0.1) is 11.3 Å². The van der Waals surface area contributed by atoms with E-state index in [2.05, 4.69) is 5.10 Å². The summed E-state index contributed by atoms with van der Waals surface area (Å²) in [6.07, 6.45) is -9.89. The Kier molecular flexibility index (Phi) is 5.90. The number of nitrogens with two attached hydrogens (primary N) is 1. The quantitative estimate of drug-likeness (QED) is 0.641. The van der Waals surface area contributed by atoms with Crippen LogP contribution in [0.15, 0.2) is 12.1 Å². The molecule has 3 N–H and O–H groups in total. The van der Waals surface area contributed by atoms with Crippen LogP contribution in [-0.4, -0.2) is 30.1 Å². The van der Waals surface area contributed by atoms with Crippen LogP contribution in [0.4, 0.5) is 37.8 Å². The lowest BCUT2D eigenvalue weighted by Crippen LogP contribution is -2.28. The van der Waals surface area contributed by atoms with E-state index in [9.17, 15) is 34.8 Å². The smallest absolute Gasteiger partial charge is 0.382 e. The van der Waals surface area contributed by atoms with E-state index >= 15 is 0 Å². The summed E-state index contributed by atoms with van der Waals surface area (Å²) in [6, 6.07) is 2.35. The topological polar surface area (TPSA) is 114 Å². The summed E-state index contributed by atoms with van der Waals surface area (Å²) in [7, 11) is -5.04. The number of benzene rings is 1. The lowest BCUT2D eigenvalue weighted by Gasteiger charge is -2.13. The van der Waals surface area contributed by atoms with Gasteiger partial charge in [-0.1, -0.05) is 23.2 Å². The molecule has 29 heavy (non-hydrogen) atoms. The number of sulfonamides is 1. The van der Waals surface area contributed by atoms with Gasteiger partial charge in [0.2, 0.25) is 10.0 Å². The number of hydrogen-bond donors (Lipinski definition) is 2. The summed E-state index contributed by atoms with van der Waals surface area (Å²) in [4.78, 5) is 0. The van der Waals surface area contributed by atoms with Crippen molar-refractivity contribution in [1.82, 2.24) is 9.78 Å². The van der Waals surface area contributed by atoms with E-state index in [0.29, 0.717) is 16.8 Å². The normalized spacial score (nSPS) is 12.7. The van der Waals surface area contributed by atoms with Crippen LogP contribution in [0.2, 0.25) is 10.0 Å². The van der Waals surface area contributed by atoms with Gasteiger partial charge in [-0.25, -0.2) is 13.1 Å². The molecule has 0 aliphatic heterocycles. The summed E-state index contributed by atoms with van der Waals surface area (Å²) in [5.74, 6) is -3.01. The second-order valence-corrected chi connectivity index (χ2v) is 7.93. The Morgan fingerprint density at radius 3 is 2.10 bits per heavy atom. The van der Waals surface area contributed by atoms with Gasteiger partial charge in [0, 0.05) is 0 Å². The molecule has 0 amide bonds. The number of nitrogens with one attached hydrogen (secondary N) is 1. The van der Waals surface area contributed by atoms with Gasteiger partial charge >= 0.3 is 12.4 Å². The first-order valence-electron chi connectivity index (χ1n) is 6.98. The second kappa shape index (κ2) is 7.47. The van der Waals surface area contributed by atoms with Crippen LogP contribution in [0.1, 0.15) is 11.3 Å². The highest BCUT2D eigenvalue weighted by Crippen LogP contribution is 2.39. The van der Waals surface area contributed by atoms with E-state index in [0.717, 1.165) is 0 Å². The highest BCUT2D eigenvalue weighted by Gasteiger charge is 2.37. The Morgan fingerprint density at radius 2 is 1.69 bits per heavy atom. The van der Waals surface area contributed by atoms with Gasteiger partial charge in [0.15, 0.2) is 17.3 Å². The molecule has 7 nitrogen and oxygen atoms in total. The molecule has 0 aliphatic carbocycles. The third kappa shape index (κ3) is 5.17. The molecule has 0 spiro atoms. The van der Waals surface area contributed by atoms with Gasteiger partial charge in [0.1, 0.15) is 17.4 Å². The highest BCUT2D eigenvalue weighted by molar-refractivity contribution is 7.92. The summed E-state index contributed by atoms with van der Waals surface area (Å²) in [5.41, 5.74) is 2.40. The Labute approximate surface area is 168 Å². The monoisotopic (exact) mass is 481 g/mol. The van der Waals surface area contributed by atoms with E-state index in [1.54, 1.807) is 0 Å². The summed E-state index contributed by atoms with van der Waals surface area (Å²) in [5, 5.41) is 11.4. The number of rotatable bonds is 4. The van der Waals surface area contributed by atoms with E-state index in [1.165, 1.54) is 10.8 Å². The minimum atomic E-state index is -5.09. The lowest BCUT2D eigenvalue weighted by atomic mass is 10.2.